The number of carbonyl (C=O) groups is 2. The van der Waals surface area contributed by atoms with Crippen LogP contribution in [0.1, 0.15) is 13.3 Å². The number of amides is 1. The maximum atomic E-state index is 11.2. The SMILES string of the molecule is CC1C=CC2=C(C1)C(=O)C(=O)N2. The van der Waals surface area contributed by atoms with Crippen LogP contribution in [0.15, 0.2) is 23.4 Å². The molecule has 2 rings (SSSR count). The average Bonchev–Trinajstić information content (AvgIpc) is 2.31. The first-order valence-corrected chi connectivity index (χ1v) is 3.95. The summed E-state index contributed by atoms with van der Waals surface area (Å²) in [5.41, 5.74) is 1.35. The lowest BCUT2D eigenvalue weighted by Crippen LogP contribution is -2.20. The lowest BCUT2D eigenvalue weighted by molar-refractivity contribution is -0.134. The summed E-state index contributed by atoms with van der Waals surface area (Å²) in [5.74, 6) is -0.486. The summed E-state index contributed by atoms with van der Waals surface area (Å²) in [7, 11) is 0. The Morgan fingerprint density at radius 1 is 1.50 bits per heavy atom. The van der Waals surface area contributed by atoms with Crippen molar-refractivity contribution in [3.8, 4) is 0 Å². The molecule has 0 spiro atoms. The van der Waals surface area contributed by atoms with E-state index in [1.807, 2.05) is 19.1 Å². The van der Waals surface area contributed by atoms with Gasteiger partial charge in [-0.05, 0) is 18.4 Å². The van der Waals surface area contributed by atoms with E-state index >= 15 is 0 Å². The Balaban J connectivity index is 2.37. The van der Waals surface area contributed by atoms with Gasteiger partial charge in [-0.15, -0.1) is 0 Å². The third kappa shape index (κ3) is 0.897. The summed E-state index contributed by atoms with van der Waals surface area (Å²) < 4.78 is 0. The van der Waals surface area contributed by atoms with E-state index in [0.29, 0.717) is 23.6 Å². The minimum Gasteiger partial charge on any atom is -0.319 e. The van der Waals surface area contributed by atoms with Crippen LogP contribution >= 0.6 is 0 Å². The number of hydrogen-bond acceptors (Lipinski definition) is 2. The highest BCUT2D eigenvalue weighted by molar-refractivity contribution is 6.45. The van der Waals surface area contributed by atoms with Gasteiger partial charge >= 0.3 is 0 Å². The first-order valence-electron chi connectivity index (χ1n) is 3.95. The molecule has 0 radical (unpaired) electrons. The van der Waals surface area contributed by atoms with Crippen molar-refractivity contribution in [3.05, 3.63) is 23.4 Å². The van der Waals surface area contributed by atoms with Crippen LogP contribution in [-0.2, 0) is 9.59 Å². The van der Waals surface area contributed by atoms with E-state index in [4.69, 9.17) is 0 Å². The molecule has 0 aromatic rings. The zero-order chi connectivity index (χ0) is 8.72. The van der Waals surface area contributed by atoms with Gasteiger partial charge in [0.15, 0.2) is 0 Å². The molecule has 62 valence electrons. The van der Waals surface area contributed by atoms with Crippen LogP contribution in [0.25, 0.3) is 0 Å². The molecular weight excluding hydrogens is 154 g/mol. The van der Waals surface area contributed by atoms with Crippen molar-refractivity contribution in [2.45, 2.75) is 13.3 Å². The molecule has 1 atom stereocenters. The minimum atomic E-state index is -0.487. The molecule has 0 bridgehead atoms. The lowest BCUT2D eigenvalue weighted by Gasteiger charge is -2.11. The monoisotopic (exact) mass is 163 g/mol. The standard InChI is InChI=1S/C9H9NO2/c1-5-2-3-7-6(4-5)8(11)9(12)10-7/h2-3,5H,4H2,1H3,(H,10,11,12). The Morgan fingerprint density at radius 3 is 3.00 bits per heavy atom. The van der Waals surface area contributed by atoms with E-state index in [0.717, 1.165) is 0 Å². The molecule has 1 heterocycles. The molecule has 0 aromatic heterocycles. The Morgan fingerprint density at radius 2 is 2.25 bits per heavy atom. The van der Waals surface area contributed by atoms with Crippen LogP contribution in [0.5, 0.6) is 0 Å². The largest absolute Gasteiger partial charge is 0.319 e. The molecule has 12 heavy (non-hydrogen) atoms. The summed E-state index contributed by atoms with van der Waals surface area (Å²) in [5, 5.41) is 2.53. The number of Topliss-reactive ketones (excluding diaryl/α,β-unsaturated/α-hetero) is 1. The molecule has 0 saturated carbocycles. The van der Waals surface area contributed by atoms with Crippen LogP contribution in [0.4, 0.5) is 0 Å². The summed E-state index contributed by atoms with van der Waals surface area (Å²) >= 11 is 0. The van der Waals surface area contributed by atoms with Crippen LogP contribution in [-0.4, -0.2) is 11.7 Å². The molecular formula is C9H9NO2. The van der Waals surface area contributed by atoms with Gasteiger partial charge in [-0.3, -0.25) is 9.59 Å². The van der Waals surface area contributed by atoms with Gasteiger partial charge < -0.3 is 5.32 Å². The summed E-state index contributed by atoms with van der Waals surface area (Å²) in [6.07, 6.45) is 4.49. The number of hydrogen-bond donors (Lipinski definition) is 1. The quantitative estimate of drug-likeness (QED) is 0.529. The molecule has 1 aliphatic carbocycles. The number of ketones is 1. The normalized spacial score (nSPS) is 27.6. The van der Waals surface area contributed by atoms with Crippen LogP contribution in [0, 0.1) is 5.92 Å². The van der Waals surface area contributed by atoms with E-state index in [2.05, 4.69) is 5.32 Å². The van der Waals surface area contributed by atoms with E-state index in [-0.39, 0.29) is 5.78 Å². The fourth-order valence-electron chi connectivity index (χ4n) is 1.51. The molecule has 1 N–H and O–H groups in total. The van der Waals surface area contributed by atoms with Gasteiger partial charge in [0.2, 0.25) is 5.78 Å². The van der Waals surface area contributed by atoms with Gasteiger partial charge in [-0.25, -0.2) is 0 Å². The van der Waals surface area contributed by atoms with E-state index < -0.39 is 5.91 Å². The second-order valence-corrected chi connectivity index (χ2v) is 3.22. The predicted octanol–water partition coefficient (Wildman–Crippen LogP) is 0.535. The molecule has 1 unspecified atom stereocenters. The van der Waals surface area contributed by atoms with Crippen molar-refractivity contribution in [1.82, 2.24) is 5.32 Å². The summed E-state index contributed by atoms with van der Waals surface area (Å²) in [6.45, 7) is 2.02. The molecule has 3 heteroatoms. The van der Waals surface area contributed by atoms with Crippen LogP contribution < -0.4 is 5.32 Å². The van der Waals surface area contributed by atoms with E-state index in [1.54, 1.807) is 0 Å². The molecule has 3 nitrogen and oxygen atoms in total. The van der Waals surface area contributed by atoms with Crippen molar-refractivity contribution in [2.75, 3.05) is 0 Å². The Kier molecular flexibility index (Phi) is 1.40. The lowest BCUT2D eigenvalue weighted by atomic mass is 9.93. The topological polar surface area (TPSA) is 46.2 Å². The van der Waals surface area contributed by atoms with Crippen molar-refractivity contribution < 1.29 is 9.59 Å². The van der Waals surface area contributed by atoms with Gasteiger partial charge in [0, 0.05) is 11.3 Å². The highest BCUT2D eigenvalue weighted by Gasteiger charge is 2.31. The van der Waals surface area contributed by atoms with Gasteiger partial charge in [0.1, 0.15) is 0 Å². The third-order valence-electron chi connectivity index (χ3n) is 2.17. The zero-order valence-electron chi connectivity index (χ0n) is 6.76. The number of rotatable bonds is 0. The Bertz CT molecular complexity index is 325. The first-order chi connectivity index (χ1) is 5.68. The smallest absolute Gasteiger partial charge is 0.296 e. The second-order valence-electron chi connectivity index (χ2n) is 3.22. The van der Waals surface area contributed by atoms with Crippen molar-refractivity contribution >= 4 is 11.7 Å². The zero-order valence-corrected chi connectivity index (χ0v) is 6.76. The van der Waals surface area contributed by atoms with Crippen molar-refractivity contribution in [1.29, 1.82) is 0 Å². The molecule has 1 aliphatic heterocycles. The van der Waals surface area contributed by atoms with Gasteiger partial charge in [0.25, 0.3) is 5.91 Å². The molecule has 1 amide bonds. The van der Waals surface area contributed by atoms with Crippen LogP contribution in [0.3, 0.4) is 0 Å². The van der Waals surface area contributed by atoms with E-state index in [9.17, 15) is 9.59 Å². The molecule has 0 fully saturated rings. The number of allylic oxidation sites excluding steroid dienone is 2. The fraction of sp³-hybridized carbons (Fsp3) is 0.333. The highest BCUT2D eigenvalue weighted by Crippen LogP contribution is 2.25. The third-order valence-corrected chi connectivity index (χ3v) is 2.17. The number of nitrogens with one attached hydrogen (secondary N) is 1. The van der Waals surface area contributed by atoms with E-state index in [1.165, 1.54) is 0 Å². The molecule has 0 aromatic carbocycles. The first kappa shape index (κ1) is 7.28. The minimum absolute atomic E-state index is 0.360. The number of carbonyl (C=O) groups excluding carboxylic acids is 2. The Hall–Kier alpha value is -1.38. The summed E-state index contributed by atoms with van der Waals surface area (Å²) in [4.78, 5) is 22.1. The average molecular weight is 163 g/mol. The van der Waals surface area contributed by atoms with Crippen molar-refractivity contribution in [2.24, 2.45) is 5.92 Å². The maximum Gasteiger partial charge on any atom is 0.296 e. The van der Waals surface area contributed by atoms with Gasteiger partial charge in [-0.1, -0.05) is 13.0 Å². The van der Waals surface area contributed by atoms with Gasteiger partial charge in [0.05, 0.1) is 0 Å². The van der Waals surface area contributed by atoms with Crippen molar-refractivity contribution in [3.63, 3.8) is 0 Å². The molecule has 2 aliphatic rings. The second kappa shape index (κ2) is 2.30. The van der Waals surface area contributed by atoms with Gasteiger partial charge in [-0.2, -0.15) is 0 Å². The van der Waals surface area contributed by atoms with Crippen LogP contribution in [0.2, 0.25) is 0 Å². The highest BCUT2D eigenvalue weighted by atomic mass is 16.2. The summed E-state index contributed by atoms with van der Waals surface area (Å²) in [6, 6.07) is 0. The fourth-order valence-corrected chi connectivity index (χ4v) is 1.51. The molecule has 0 saturated heterocycles. The maximum absolute atomic E-state index is 11.2. The Labute approximate surface area is 70.1 Å². The predicted molar refractivity (Wildman–Crippen MR) is 43.1 cm³/mol.